The van der Waals surface area contributed by atoms with Crippen molar-refractivity contribution in [3.63, 3.8) is 0 Å². The fourth-order valence-corrected chi connectivity index (χ4v) is 2.64. The molecule has 0 aromatic carbocycles. The Bertz CT molecular complexity index is 166. The summed E-state index contributed by atoms with van der Waals surface area (Å²) >= 11 is 0. The van der Waals surface area contributed by atoms with Crippen molar-refractivity contribution in [2.75, 3.05) is 13.1 Å². The maximum absolute atomic E-state index is 2.66. The molecule has 0 spiro atoms. The van der Waals surface area contributed by atoms with Crippen LogP contribution in [0.15, 0.2) is 12.2 Å². The summed E-state index contributed by atoms with van der Waals surface area (Å²) in [6.45, 7) is 4.68. The lowest BCUT2D eigenvalue weighted by Gasteiger charge is -2.45. The maximum atomic E-state index is 2.66. The molecule has 0 aromatic rings. The number of hydrogen-bond donors (Lipinski definition) is 0. The molecule has 3 fully saturated rings. The monoisotopic (exact) mass is 165 g/mol. The lowest BCUT2D eigenvalue weighted by atomic mass is 9.80. The van der Waals surface area contributed by atoms with E-state index in [9.17, 15) is 0 Å². The largest absolute Gasteiger partial charge is 0.296 e. The topological polar surface area (TPSA) is 3.24 Å². The SMILES string of the molecule is C/C=C/CN1CC2CCC1CC2. The molecule has 2 aliphatic heterocycles. The minimum Gasteiger partial charge on any atom is -0.296 e. The summed E-state index contributed by atoms with van der Waals surface area (Å²) in [6.07, 6.45) is 10.4. The molecule has 0 unspecified atom stereocenters. The van der Waals surface area contributed by atoms with E-state index >= 15 is 0 Å². The highest BCUT2D eigenvalue weighted by Gasteiger charge is 2.32. The Morgan fingerprint density at radius 2 is 2.00 bits per heavy atom. The lowest BCUT2D eigenvalue weighted by Crippen LogP contribution is -2.47. The molecular formula is C11H19N. The third-order valence-corrected chi connectivity index (χ3v) is 3.40. The molecule has 1 heteroatoms. The van der Waals surface area contributed by atoms with Gasteiger partial charge in [0.15, 0.2) is 0 Å². The quantitative estimate of drug-likeness (QED) is 0.568. The van der Waals surface area contributed by atoms with Crippen molar-refractivity contribution in [1.29, 1.82) is 0 Å². The first kappa shape index (κ1) is 8.31. The van der Waals surface area contributed by atoms with Crippen LogP contribution >= 0.6 is 0 Å². The van der Waals surface area contributed by atoms with Gasteiger partial charge in [0, 0.05) is 19.1 Å². The van der Waals surface area contributed by atoms with E-state index in [4.69, 9.17) is 0 Å². The minimum atomic E-state index is 0.922. The van der Waals surface area contributed by atoms with Crippen molar-refractivity contribution in [1.82, 2.24) is 4.90 Å². The zero-order chi connectivity index (χ0) is 8.39. The summed E-state index contributed by atoms with van der Waals surface area (Å²) in [5, 5.41) is 0. The minimum absolute atomic E-state index is 0.922. The first-order chi connectivity index (χ1) is 5.90. The highest BCUT2D eigenvalue weighted by molar-refractivity contribution is 4.92. The van der Waals surface area contributed by atoms with E-state index in [0.717, 1.165) is 12.0 Å². The Morgan fingerprint density at radius 3 is 2.50 bits per heavy atom. The Labute approximate surface area is 75.4 Å². The fourth-order valence-electron chi connectivity index (χ4n) is 2.64. The first-order valence-electron chi connectivity index (χ1n) is 5.25. The summed E-state index contributed by atoms with van der Waals surface area (Å²) in [7, 11) is 0. The van der Waals surface area contributed by atoms with Gasteiger partial charge in [-0.25, -0.2) is 0 Å². The number of allylic oxidation sites excluding steroid dienone is 1. The van der Waals surface area contributed by atoms with Crippen LogP contribution in [0.1, 0.15) is 32.6 Å². The average Bonchev–Trinajstić information content (AvgIpc) is 2.17. The van der Waals surface area contributed by atoms with Crippen LogP contribution in [-0.2, 0) is 0 Å². The molecule has 0 N–H and O–H groups in total. The van der Waals surface area contributed by atoms with E-state index in [2.05, 4.69) is 24.0 Å². The van der Waals surface area contributed by atoms with Gasteiger partial charge < -0.3 is 0 Å². The molecule has 0 aromatic heterocycles. The highest BCUT2D eigenvalue weighted by Crippen LogP contribution is 2.34. The number of rotatable bonds is 2. The van der Waals surface area contributed by atoms with Gasteiger partial charge in [-0.15, -0.1) is 0 Å². The zero-order valence-electron chi connectivity index (χ0n) is 8.00. The maximum Gasteiger partial charge on any atom is 0.0166 e. The molecule has 0 atom stereocenters. The van der Waals surface area contributed by atoms with E-state index in [0.29, 0.717) is 0 Å². The number of fused-ring (bicyclic) bond motifs is 3. The van der Waals surface area contributed by atoms with Gasteiger partial charge in [-0.2, -0.15) is 0 Å². The van der Waals surface area contributed by atoms with Gasteiger partial charge in [0.2, 0.25) is 0 Å². The van der Waals surface area contributed by atoms with Crippen LogP contribution < -0.4 is 0 Å². The molecule has 2 heterocycles. The van der Waals surface area contributed by atoms with Crippen molar-refractivity contribution in [2.24, 2.45) is 5.92 Å². The summed E-state index contributed by atoms with van der Waals surface area (Å²) < 4.78 is 0. The third-order valence-electron chi connectivity index (χ3n) is 3.40. The van der Waals surface area contributed by atoms with Gasteiger partial charge >= 0.3 is 0 Å². The van der Waals surface area contributed by atoms with E-state index in [1.54, 1.807) is 0 Å². The molecule has 1 saturated carbocycles. The van der Waals surface area contributed by atoms with Gasteiger partial charge in [0.25, 0.3) is 0 Å². The molecule has 3 rings (SSSR count). The van der Waals surface area contributed by atoms with Crippen molar-refractivity contribution in [3.8, 4) is 0 Å². The van der Waals surface area contributed by atoms with Crippen LogP contribution in [0, 0.1) is 5.92 Å². The summed E-state index contributed by atoms with van der Waals surface area (Å²) in [5.41, 5.74) is 0. The van der Waals surface area contributed by atoms with E-state index in [1.807, 2.05) is 0 Å². The second kappa shape index (κ2) is 3.61. The predicted molar refractivity (Wildman–Crippen MR) is 52.1 cm³/mol. The van der Waals surface area contributed by atoms with Crippen LogP contribution in [0.5, 0.6) is 0 Å². The highest BCUT2D eigenvalue weighted by atomic mass is 15.2. The first-order valence-corrected chi connectivity index (χ1v) is 5.25. The molecule has 3 aliphatic rings. The molecule has 0 amide bonds. The van der Waals surface area contributed by atoms with Crippen LogP contribution in [0.4, 0.5) is 0 Å². The van der Waals surface area contributed by atoms with Crippen LogP contribution in [0.3, 0.4) is 0 Å². The van der Waals surface area contributed by atoms with Gasteiger partial charge in [-0.3, -0.25) is 4.90 Å². The van der Waals surface area contributed by atoms with Gasteiger partial charge in [-0.1, -0.05) is 12.2 Å². The molecule has 1 nitrogen and oxygen atoms in total. The third kappa shape index (κ3) is 1.56. The molecular weight excluding hydrogens is 146 g/mol. The Balaban J connectivity index is 1.90. The summed E-state index contributed by atoms with van der Waals surface area (Å²) in [6, 6.07) is 0.922. The second-order valence-corrected chi connectivity index (χ2v) is 4.20. The molecule has 2 saturated heterocycles. The zero-order valence-corrected chi connectivity index (χ0v) is 8.00. The van der Waals surface area contributed by atoms with E-state index in [1.165, 1.54) is 38.8 Å². The second-order valence-electron chi connectivity index (χ2n) is 4.20. The number of hydrogen-bond acceptors (Lipinski definition) is 1. The standard InChI is InChI=1S/C11H19N/c1-2-3-8-12-9-10-4-6-11(12)7-5-10/h2-3,10-11H,4-9H2,1H3/b3-2+. The van der Waals surface area contributed by atoms with Gasteiger partial charge in [0.05, 0.1) is 0 Å². The smallest absolute Gasteiger partial charge is 0.0166 e. The lowest BCUT2D eigenvalue weighted by molar-refractivity contribution is 0.0594. The van der Waals surface area contributed by atoms with Crippen molar-refractivity contribution < 1.29 is 0 Å². The Kier molecular flexibility index (Phi) is 2.50. The summed E-state index contributed by atoms with van der Waals surface area (Å²) in [4.78, 5) is 2.66. The molecule has 68 valence electrons. The molecule has 0 radical (unpaired) electrons. The Morgan fingerprint density at radius 1 is 1.25 bits per heavy atom. The molecule has 2 bridgehead atoms. The van der Waals surface area contributed by atoms with E-state index < -0.39 is 0 Å². The van der Waals surface area contributed by atoms with Crippen LogP contribution in [0.2, 0.25) is 0 Å². The fraction of sp³-hybridized carbons (Fsp3) is 0.818. The molecule has 1 aliphatic carbocycles. The summed E-state index contributed by atoms with van der Waals surface area (Å²) in [5.74, 6) is 1.03. The van der Waals surface area contributed by atoms with Crippen LogP contribution in [0.25, 0.3) is 0 Å². The Hall–Kier alpha value is -0.300. The van der Waals surface area contributed by atoms with Crippen molar-refractivity contribution in [2.45, 2.75) is 38.6 Å². The van der Waals surface area contributed by atoms with Gasteiger partial charge in [-0.05, 0) is 38.5 Å². The van der Waals surface area contributed by atoms with Crippen molar-refractivity contribution >= 4 is 0 Å². The normalized spacial score (nSPS) is 36.4. The number of piperidine rings is 2. The van der Waals surface area contributed by atoms with E-state index in [-0.39, 0.29) is 0 Å². The van der Waals surface area contributed by atoms with Crippen LogP contribution in [-0.4, -0.2) is 24.0 Å². The molecule has 12 heavy (non-hydrogen) atoms. The van der Waals surface area contributed by atoms with Gasteiger partial charge in [0.1, 0.15) is 0 Å². The number of nitrogens with zero attached hydrogens (tertiary/aromatic N) is 1. The van der Waals surface area contributed by atoms with Crippen molar-refractivity contribution in [3.05, 3.63) is 12.2 Å². The predicted octanol–water partition coefficient (Wildman–Crippen LogP) is 2.44. The average molecular weight is 165 g/mol.